The smallest absolute Gasteiger partial charge is 0.193 e. The Morgan fingerprint density at radius 1 is 0.318 bits per heavy atom. The van der Waals surface area contributed by atoms with Crippen molar-refractivity contribution in [1.82, 2.24) is 0 Å². The molecule has 216 valence electrons. The summed E-state index contributed by atoms with van der Waals surface area (Å²) >= 11 is 0. The van der Waals surface area contributed by atoms with Crippen LogP contribution in [0.1, 0.15) is 61.1 Å². The molecule has 0 aromatic heterocycles. The second kappa shape index (κ2) is 12.2. The zero-order valence-corrected chi connectivity index (χ0v) is 23.7. The molecule has 0 bridgehead atoms. The first kappa shape index (κ1) is 28.3. The quantitative estimate of drug-likeness (QED) is 0.108. The van der Waals surface area contributed by atoms with Gasteiger partial charge in [0.1, 0.15) is 23.0 Å². The molecule has 6 rings (SSSR count). The minimum atomic E-state index is -0.156. The molecule has 0 amide bonds. The zero-order valence-electron chi connectivity index (χ0n) is 23.7. The van der Waals surface area contributed by atoms with Crippen LogP contribution in [0.25, 0.3) is 0 Å². The highest BCUT2D eigenvalue weighted by Crippen LogP contribution is 2.35. The molecule has 44 heavy (non-hydrogen) atoms. The van der Waals surface area contributed by atoms with E-state index in [0.29, 0.717) is 11.1 Å². The molecule has 0 fully saturated rings. The Kier molecular flexibility index (Phi) is 7.85. The van der Waals surface area contributed by atoms with Crippen LogP contribution in [0.15, 0.2) is 146 Å². The highest BCUT2D eigenvalue weighted by Gasteiger charge is 2.20. The van der Waals surface area contributed by atoms with E-state index in [1.54, 1.807) is 48.5 Å². The van der Waals surface area contributed by atoms with Crippen molar-refractivity contribution in [3.63, 3.8) is 0 Å². The van der Waals surface area contributed by atoms with Gasteiger partial charge in [-0.3, -0.25) is 4.79 Å². The fraction of sp³-hybridized carbons (Fsp3) is 0.0513. The van der Waals surface area contributed by atoms with Crippen molar-refractivity contribution >= 4 is 5.78 Å². The van der Waals surface area contributed by atoms with Gasteiger partial charge in [-0.15, -0.1) is 0 Å². The molecule has 0 saturated heterocycles. The summed E-state index contributed by atoms with van der Waals surface area (Å²) < 4.78 is 0. The lowest BCUT2D eigenvalue weighted by Gasteiger charge is -2.20. The fourth-order valence-corrected chi connectivity index (χ4v) is 5.64. The summed E-state index contributed by atoms with van der Waals surface area (Å²) in [5.74, 6) is 0.322. The van der Waals surface area contributed by atoms with E-state index in [-0.39, 0.29) is 40.6 Å². The highest BCUT2D eigenvalue weighted by atomic mass is 16.3. The summed E-state index contributed by atoms with van der Waals surface area (Å²) in [5.41, 5.74) is 6.95. The molecule has 6 aromatic carbocycles. The van der Waals surface area contributed by atoms with Crippen molar-refractivity contribution in [2.45, 2.75) is 11.8 Å². The number of aromatic hydroxyl groups is 4. The average Bonchev–Trinajstić information content (AvgIpc) is 3.05. The number of phenolic OH excluding ortho intramolecular Hbond substituents is 4. The lowest BCUT2D eigenvalue weighted by atomic mass is 9.84. The maximum Gasteiger partial charge on any atom is 0.193 e. The van der Waals surface area contributed by atoms with Gasteiger partial charge in [-0.1, -0.05) is 97.1 Å². The van der Waals surface area contributed by atoms with Gasteiger partial charge in [0.05, 0.1) is 0 Å². The molecular formula is C39H30O5. The fourth-order valence-electron chi connectivity index (χ4n) is 5.64. The van der Waals surface area contributed by atoms with Crippen molar-refractivity contribution in [2.24, 2.45) is 0 Å². The van der Waals surface area contributed by atoms with Gasteiger partial charge in [0.15, 0.2) is 5.78 Å². The summed E-state index contributed by atoms with van der Waals surface area (Å²) in [6, 6.07) is 43.3. The molecule has 0 saturated carbocycles. The van der Waals surface area contributed by atoms with Crippen LogP contribution in [-0.4, -0.2) is 26.2 Å². The van der Waals surface area contributed by atoms with Crippen molar-refractivity contribution in [3.05, 3.63) is 190 Å². The topological polar surface area (TPSA) is 98.0 Å². The summed E-state index contributed by atoms with van der Waals surface area (Å²) in [7, 11) is 0. The second-order valence-electron chi connectivity index (χ2n) is 10.8. The van der Waals surface area contributed by atoms with Crippen LogP contribution >= 0.6 is 0 Å². The van der Waals surface area contributed by atoms with E-state index in [1.165, 1.54) is 0 Å². The van der Waals surface area contributed by atoms with Gasteiger partial charge < -0.3 is 20.4 Å². The first-order valence-electron chi connectivity index (χ1n) is 14.3. The van der Waals surface area contributed by atoms with E-state index in [2.05, 4.69) is 0 Å². The number of rotatable bonds is 8. The minimum absolute atomic E-state index is 0.0975. The maximum absolute atomic E-state index is 13.5. The largest absolute Gasteiger partial charge is 0.508 e. The summed E-state index contributed by atoms with van der Waals surface area (Å²) in [6.07, 6.45) is 0. The van der Waals surface area contributed by atoms with E-state index < -0.39 is 0 Å². The van der Waals surface area contributed by atoms with Crippen molar-refractivity contribution < 1.29 is 25.2 Å². The van der Waals surface area contributed by atoms with Crippen LogP contribution in [0.4, 0.5) is 0 Å². The van der Waals surface area contributed by atoms with E-state index in [0.717, 1.165) is 33.4 Å². The first-order chi connectivity index (χ1) is 21.4. The molecule has 5 nitrogen and oxygen atoms in total. The van der Waals surface area contributed by atoms with Gasteiger partial charge >= 0.3 is 0 Å². The van der Waals surface area contributed by atoms with E-state index in [1.807, 2.05) is 97.1 Å². The number of carbonyl (C=O) groups is 1. The standard InChI is InChI=1S/C39H30O5/c40-33-17-9-27(10-18-33)37(28-11-19-34(41)20-12-28)25-1-5-31(6-2-25)39(44)32-7-3-26(4-8-32)38(29-13-21-35(42)22-14-29)30-15-23-36(43)24-16-30/h1-24,37-38,40-43H. The molecule has 0 aliphatic carbocycles. The normalized spacial score (nSPS) is 11.1. The van der Waals surface area contributed by atoms with Crippen LogP contribution in [0, 0.1) is 0 Å². The van der Waals surface area contributed by atoms with Crippen molar-refractivity contribution in [3.8, 4) is 23.0 Å². The van der Waals surface area contributed by atoms with Crippen LogP contribution in [0.5, 0.6) is 23.0 Å². The molecule has 0 atom stereocenters. The maximum atomic E-state index is 13.5. The second-order valence-corrected chi connectivity index (χ2v) is 10.8. The Bertz CT molecular complexity index is 1630. The molecule has 5 heteroatoms. The van der Waals surface area contributed by atoms with E-state index >= 15 is 0 Å². The molecular weight excluding hydrogens is 548 g/mol. The molecule has 4 N–H and O–H groups in total. The monoisotopic (exact) mass is 578 g/mol. The van der Waals surface area contributed by atoms with E-state index in [9.17, 15) is 25.2 Å². The van der Waals surface area contributed by atoms with Crippen molar-refractivity contribution in [2.75, 3.05) is 0 Å². The minimum Gasteiger partial charge on any atom is -0.508 e. The lowest BCUT2D eigenvalue weighted by molar-refractivity contribution is 0.103. The SMILES string of the molecule is O=C(c1ccc(C(c2ccc(O)cc2)c2ccc(O)cc2)cc1)c1ccc(C(c2ccc(O)cc2)c2ccc(O)cc2)cc1. The third-order valence-electron chi connectivity index (χ3n) is 7.92. The van der Waals surface area contributed by atoms with Crippen molar-refractivity contribution in [1.29, 1.82) is 0 Å². The van der Waals surface area contributed by atoms with Crippen LogP contribution in [0.2, 0.25) is 0 Å². The number of phenols is 4. The van der Waals surface area contributed by atoms with Gasteiger partial charge in [-0.05, 0) is 81.9 Å². The number of benzene rings is 6. The molecule has 6 aromatic rings. The third-order valence-corrected chi connectivity index (χ3v) is 7.92. The summed E-state index contributed by atoms with van der Waals surface area (Å²) in [5, 5.41) is 39.3. The number of carbonyl (C=O) groups excluding carboxylic acids is 1. The van der Waals surface area contributed by atoms with E-state index in [4.69, 9.17) is 0 Å². The Balaban J connectivity index is 1.28. The number of ketones is 1. The summed E-state index contributed by atoms with van der Waals surface area (Å²) in [4.78, 5) is 13.5. The Morgan fingerprint density at radius 2 is 0.500 bits per heavy atom. The Labute approximate surface area is 255 Å². The number of hydrogen-bond acceptors (Lipinski definition) is 5. The van der Waals surface area contributed by atoms with Crippen LogP contribution < -0.4 is 0 Å². The predicted molar refractivity (Wildman–Crippen MR) is 171 cm³/mol. The number of hydrogen-bond donors (Lipinski definition) is 4. The lowest BCUT2D eigenvalue weighted by Crippen LogP contribution is -2.06. The molecule has 0 spiro atoms. The van der Waals surface area contributed by atoms with Gasteiger partial charge in [0.25, 0.3) is 0 Å². The van der Waals surface area contributed by atoms with Gasteiger partial charge in [-0.25, -0.2) is 0 Å². The molecule has 0 aliphatic heterocycles. The van der Waals surface area contributed by atoms with Crippen LogP contribution in [0.3, 0.4) is 0 Å². The highest BCUT2D eigenvalue weighted by molar-refractivity contribution is 6.09. The Hall–Kier alpha value is -5.81. The molecule has 0 aliphatic rings. The van der Waals surface area contributed by atoms with Gasteiger partial charge in [0.2, 0.25) is 0 Å². The molecule has 0 heterocycles. The average molecular weight is 579 g/mol. The molecule has 0 radical (unpaired) electrons. The zero-order chi connectivity index (χ0) is 30.6. The predicted octanol–water partition coefficient (Wildman–Crippen LogP) is 8.10. The third kappa shape index (κ3) is 6.03. The summed E-state index contributed by atoms with van der Waals surface area (Å²) in [6.45, 7) is 0. The van der Waals surface area contributed by atoms with Gasteiger partial charge in [0, 0.05) is 23.0 Å². The van der Waals surface area contributed by atoms with Crippen LogP contribution in [-0.2, 0) is 0 Å². The molecule has 0 unspecified atom stereocenters. The Morgan fingerprint density at radius 3 is 0.705 bits per heavy atom. The first-order valence-corrected chi connectivity index (χ1v) is 14.3. The van der Waals surface area contributed by atoms with Gasteiger partial charge in [-0.2, -0.15) is 0 Å².